The molecule has 0 aliphatic carbocycles. The maximum absolute atomic E-state index is 12.4. The zero-order chi connectivity index (χ0) is 22.9. The fraction of sp³-hybridized carbons (Fsp3) is 0.500. The van der Waals surface area contributed by atoms with Crippen LogP contribution in [-0.2, 0) is 14.8 Å². The van der Waals surface area contributed by atoms with E-state index in [4.69, 9.17) is 16.3 Å². The van der Waals surface area contributed by atoms with E-state index in [0.29, 0.717) is 6.42 Å². The van der Waals surface area contributed by atoms with Crippen molar-refractivity contribution in [1.82, 2.24) is 4.72 Å². The predicted molar refractivity (Wildman–Crippen MR) is 120 cm³/mol. The summed E-state index contributed by atoms with van der Waals surface area (Å²) in [6.45, 7) is 5.62. The number of benzene rings is 1. The van der Waals surface area contributed by atoms with Gasteiger partial charge in [-0.15, -0.1) is 0 Å². The number of anilines is 3. The fourth-order valence-electron chi connectivity index (χ4n) is 3.72. The number of phenolic OH excluding ortho intramolecular Hbond substituents is 1. The second kappa shape index (κ2) is 9.15. The number of sulfonamides is 1. The van der Waals surface area contributed by atoms with Gasteiger partial charge in [0.1, 0.15) is 16.3 Å². The van der Waals surface area contributed by atoms with Crippen LogP contribution in [0.4, 0.5) is 17.1 Å². The summed E-state index contributed by atoms with van der Waals surface area (Å²) >= 11 is 5.99. The zero-order valence-corrected chi connectivity index (χ0v) is 19.1. The highest BCUT2D eigenvalue weighted by Gasteiger charge is 2.32. The lowest BCUT2D eigenvalue weighted by Gasteiger charge is -2.26. The van der Waals surface area contributed by atoms with Gasteiger partial charge in [-0.2, -0.15) is 0 Å². The highest BCUT2D eigenvalue weighted by molar-refractivity contribution is 7.89. The van der Waals surface area contributed by atoms with Gasteiger partial charge in [0.05, 0.1) is 29.0 Å². The molecule has 3 atom stereocenters. The molecule has 1 aliphatic rings. The van der Waals surface area contributed by atoms with E-state index in [1.807, 2.05) is 13.8 Å². The van der Waals surface area contributed by atoms with Crippen molar-refractivity contribution in [2.75, 3.05) is 17.2 Å². The second-order valence-corrected chi connectivity index (χ2v) is 9.64. The summed E-state index contributed by atoms with van der Waals surface area (Å²) in [5.74, 6) is -0.646. The van der Waals surface area contributed by atoms with Crippen LogP contribution in [0.2, 0.25) is 5.02 Å². The maximum atomic E-state index is 12.4. The molecule has 2 aromatic rings. The number of nitrogens with one attached hydrogen (secondary N) is 3. The van der Waals surface area contributed by atoms with Crippen molar-refractivity contribution in [3.05, 3.63) is 37.6 Å². The summed E-state index contributed by atoms with van der Waals surface area (Å²) in [5.41, 5.74) is -1.45. The molecule has 1 aliphatic heterocycles. The zero-order valence-electron chi connectivity index (χ0n) is 17.5. The van der Waals surface area contributed by atoms with E-state index in [-0.39, 0.29) is 46.9 Å². The van der Waals surface area contributed by atoms with Crippen LogP contribution >= 0.6 is 11.6 Å². The van der Waals surface area contributed by atoms with Gasteiger partial charge >= 0.3 is 0 Å². The Morgan fingerprint density at radius 2 is 1.87 bits per heavy atom. The van der Waals surface area contributed by atoms with Crippen molar-refractivity contribution in [2.24, 2.45) is 0 Å². The Kier molecular flexibility index (Phi) is 6.95. The Morgan fingerprint density at radius 3 is 2.45 bits per heavy atom. The summed E-state index contributed by atoms with van der Waals surface area (Å²) in [4.78, 5) is 23.9. The summed E-state index contributed by atoms with van der Waals surface area (Å²) in [6, 6.07) is 2.45. The molecule has 0 bridgehead atoms. The van der Waals surface area contributed by atoms with Crippen LogP contribution in [0.3, 0.4) is 0 Å². The molecule has 31 heavy (non-hydrogen) atoms. The molecule has 1 saturated heterocycles. The third-order valence-electron chi connectivity index (χ3n) is 5.34. The third kappa shape index (κ3) is 4.57. The van der Waals surface area contributed by atoms with Crippen molar-refractivity contribution in [1.29, 1.82) is 0 Å². The van der Waals surface area contributed by atoms with Gasteiger partial charge in [0.25, 0.3) is 10.9 Å². The van der Waals surface area contributed by atoms with Crippen LogP contribution in [0, 0.1) is 0 Å². The molecule has 0 radical (unpaired) electrons. The Bertz CT molecular complexity index is 1140. The first-order valence-electron chi connectivity index (χ1n) is 10.1. The lowest BCUT2D eigenvalue weighted by atomic mass is 10.0. The topological polar surface area (TPSA) is 134 Å². The number of halogens is 1. The standard InChI is InChI=1S/C20H26ClN3O6S/c1-4-12(14-9-6-10(3)30-14)23-15-16(19(27)18(15)26)24-13-8-7-11(21)20(17(13)25)31(28,29)22-5-2/h7-8,10,12,14,22-25H,4-6,9H2,1-3H3/t10-,12-,14?/m1/s1. The third-order valence-corrected chi connectivity index (χ3v) is 7.39. The molecule has 1 fully saturated rings. The molecule has 3 rings (SSSR count). The molecule has 1 unspecified atom stereocenters. The van der Waals surface area contributed by atoms with Gasteiger partial charge in [-0.1, -0.05) is 25.4 Å². The van der Waals surface area contributed by atoms with Crippen LogP contribution in [0.25, 0.3) is 0 Å². The number of hydrogen-bond acceptors (Lipinski definition) is 8. The number of aromatic hydroxyl groups is 1. The molecule has 9 nitrogen and oxygen atoms in total. The molecule has 0 spiro atoms. The van der Waals surface area contributed by atoms with Crippen molar-refractivity contribution in [3.63, 3.8) is 0 Å². The Hall–Kier alpha value is -2.14. The highest BCUT2D eigenvalue weighted by Crippen LogP contribution is 2.38. The van der Waals surface area contributed by atoms with E-state index in [2.05, 4.69) is 15.4 Å². The first kappa shape index (κ1) is 23.5. The van der Waals surface area contributed by atoms with Crippen molar-refractivity contribution in [3.8, 4) is 5.75 Å². The molecular weight excluding hydrogens is 446 g/mol. The number of phenols is 1. The summed E-state index contributed by atoms with van der Waals surface area (Å²) in [6.07, 6.45) is 2.48. The van der Waals surface area contributed by atoms with Crippen molar-refractivity contribution >= 4 is 38.7 Å². The van der Waals surface area contributed by atoms with Crippen LogP contribution in [-0.4, -0.2) is 38.3 Å². The van der Waals surface area contributed by atoms with E-state index in [1.54, 1.807) is 6.92 Å². The van der Waals surface area contributed by atoms with Gasteiger partial charge < -0.3 is 20.5 Å². The smallest absolute Gasteiger partial charge is 0.253 e. The highest BCUT2D eigenvalue weighted by atomic mass is 35.5. The Labute approximate surface area is 185 Å². The lowest BCUT2D eigenvalue weighted by molar-refractivity contribution is 0.0438. The van der Waals surface area contributed by atoms with Gasteiger partial charge in [0.15, 0.2) is 5.75 Å². The van der Waals surface area contributed by atoms with E-state index in [0.717, 1.165) is 12.8 Å². The molecule has 11 heteroatoms. The first-order valence-corrected chi connectivity index (χ1v) is 12.0. The number of ether oxygens (including phenoxy) is 1. The second-order valence-electron chi connectivity index (χ2n) is 7.53. The molecule has 1 heterocycles. The predicted octanol–water partition coefficient (Wildman–Crippen LogP) is 2.44. The summed E-state index contributed by atoms with van der Waals surface area (Å²) in [5, 5.41) is 16.2. The van der Waals surface area contributed by atoms with Gasteiger partial charge in [0.2, 0.25) is 10.0 Å². The minimum Gasteiger partial charge on any atom is -0.504 e. The average Bonchev–Trinajstić information content (AvgIpc) is 3.14. The minimum atomic E-state index is -4.07. The molecular formula is C20H26ClN3O6S. The molecule has 2 aromatic carbocycles. The minimum absolute atomic E-state index is 0.0427. The van der Waals surface area contributed by atoms with Crippen LogP contribution in [0.1, 0.15) is 40.0 Å². The van der Waals surface area contributed by atoms with E-state index in [1.165, 1.54) is 12.1 Å². The average molecular weight is 472 g/mol. The van der Waals surface area contributed by atoms with Crippen molar-refractivity contribution < 1.29 is 18.3 Å². The van der Waals surface area contributed by atoms with Gasteiger partial charge in [-0.3, -0.25) is 9.59 Å². The van der Waals surface area contributed by atoms with E-state index in [9.17, 15) is 23.1 Å². The Morgan fingerprint density at radius 1 is 1.19 bits per heavy atom. The van der Waals surface area contributed by atoms with Gasteiger partial charge in [0, 0.05) is 6.54 Å². The molecule has 4 N–H and O–H groups in total. The van der Waals surface area contributed by atoms with Crippen LogP contribution < -0.4 is 26.2 Å². The van der Waals surface area contributed by atoms with Gasteiger partial charge in [-0.05, 0) is 38.3 Å². The van der Waals surface area contributed by atoms with E-state index < -0.39 is 31.5 Å². The summed E-state index contributed by atoms with van der Waals surface area (Å²) < 4.78 is 32.9. The molecule has 0 saturated carbocycles. The maximum Gasteiger partial charge on any atom is 0.253 e. The Balaban J connectivity index is 1.91. The van der Waals surface area contributed by atoms with Crippen LogP contribution in [0.15, 0.2) is 26.6 Å². The van der Waals surface area contributed by atoms with Gasteiger partial charge in [-0.25, -0.2) is 13.1 Å². The largest absolute Gasteiger partial charge is 0.504 e. The molecule has 170 valence electrons. The number of rotatable bonds is 9. The normalized spacial score (nSPS) is 20.1. The molecule has 0 aromatic heterocycles. The lowest BCUT2D eigenvalue weighted by Crippen LogP contribution is -2.42. The monoisotopic (exact) mass is 471 g/mol. The van der Waals surface area contributed by atoms with Crippen molar-refractivity contribution in [2.45, 2.75) is 63.2 Å². The fourth-order valence-corrected chi connectivity index (χ4v) is 5.39. The molecule has 0 amide bonds. The first-order chi connectivity index (χ1) is 14.6. The summed E-state index contributed by atoms with van der Waals surface area (Å²) in [7, 11) is -4.07. The van der Waals surface area contributed by atoms with Crippen LogP contribution in [0.5, 0.6) is 5.75 Å². The number of hydrogen-bond donors (Lipinski definition) is 4. The van der Waals surface area contributed by atoms with E-state index >= 15 is 0 Å². The quantitative estimate of drug-likeness (QED) is 0.323. The SMILES string of the molecule is CCNS(=O)(=O)c1c(Cl)ccc(Nc2c(N[C@H](CC)C3CC[C@@H](C)O3)c(=O)c2=O)c1O.